The van der Waals surface area contributed by atoms with E-state index in [0.29, 0.717) is 11.7 Å². The van der Waals surface area contributed by atoms with E-state index in [1.54, 1.807) is 6.07 Å². The minimum atomic E-state index is -1.23. The maximum atomic E-state index is 10.7. The van der Waals surface area contributed by atoms with Gasteiger partial charge < -0.3 is 19.1 Å². The largest absolute Gasteiger partial charge is 1.00 e. The minimum absolute atomic E-state index is 0. The summed E-state index contributed by atoms with van der Waals surface area (Å²) in [6.07, 6.45) is 4.09. The van der Waals surface area contributed by atoms with E-state index in [0.717, 1.165) is 59.7 Å². The number of rotatable bonds is 7. The van der Waals surface area contributed by atoms with Crippen LogP contribution in [0.3, 0.4) is 0 Å². The molecule has 1 aliphatic rings. The van der Waals surface area contributed by atoms with E-state index in [1.807, 2.05) is 48.5 Å². The molecule has 5 nitrogen and oxygen atoms in total. The fourth-order valence-electron chi connectivity index (χ4n) is 4.81. The number of benzene rings is 3. The second-order valence-corrected chi connectivity index (χ2v) is 8.76. The summed E-state index contributed by atoms with van der Waals surface area (Å²) in [6.45, 7) is -0.447. The van der Waals surface area contributed by atoms with E-state index in [4.69, 9.17) is 14.1 Å². The second-order valence-electron chi connectivity index (χ2n) is 8.76. The Morgan fingerprint density at radius 1 is 0.914 bits per heavy atom. The molecule has 0 N–H and O–H groups in total. The second kappa shape index (κ2) is 11.7. The Labute approximate surface area is 227 Å². The first-order chi connectivity index (χ1) is 16.7. The molecule has 1 heterocycles. The number of carbonyl (C=O) groups is 1. The van der Waals surface area contributed by atoms with Crippen LogP contribution < -0.4 is 39.4 Å². The van der Waals surface area contributed by atoms with E-state index in [1.165, 1.54) is 0 Å². The monoisotopic (exact) mass is 475 g/mol. The summed E-state index contributed by atoms with van der Waals surface area (Å²) in [6, 6.07) is 28.0. The first-order valence-corrected chi connectivity index (χ1v) is 11.7. The van der Waals surface area contributed by atoms with Crippen molar-refractivity contribution in [2.75, 3.05) is 6.61 Å². The van der Waals surface area contributed by atoms with E-state index in [-0.39, 0.29) is 35.5 Å². The molecule has 1 saturated carbocycles. The molecule has 1 aromatic heterocycles. The third kappa shape index (κ3) is 6.04. The van der Waals surface area contributed by atoms with Gasteiger partial charge in [-0.25, -0.2) is 4.98 Å². The number of carboxylic acid groups (broad SMARTS) is 1. The van der Waals surface area contributed by atoms with Crippen LogP contribution >= 0.6 is 0 Å². The van der Waals surface area contributed by atoms with Crippen LogP contribution in [0.15, 0.2) is 89.3 Å². The molecule has 3 aromatic carbocycles. The zero-order valence-corrected chi connectivity index (χ0v) is 21.9. The van der Waals surface area contributed by atoms with Crippen molar-refractivity contribution in [3.63, 3.8) is 0 Å². The van der Waals surface area contributed by atoms with Crippen molar-refractivity contribution in [1.82, 2.24) is 4.98 Å². The third-order valence-electron chi connectivity index (χ3n) is 6.44. The van der Waals surface area contributed by atoms with Crippen molar-refractivity contribution in [3.05, 3.63) is 96.4 Å². The molecule has 2 atom stereocenters. The maximum Gasteiger partial charge on any atom is 1.00 e. The van der Waals surface area contributed by atoms with Gasteiger partial charge in [0.1, 0.15) is 18.1 Å². The predicted octanol–water partition coefficient (Wildman–Crippen LogP) is 2.58. The van der Waals surface area contributed by atoms with Crippen LogP contribution in [0.4, 0.5) is 0 Å². The number of hydrogen-bond acceptors (Lipinski definition) is 5. The molecule has 0 spiro atoms. The summed E-state index contributed by atoms with van der Waals surface area (Å²) >= 11 is 0. The Bertz CT molecular complexity index is 1200. The third-order valence-corrected chi connectivity index (χ3v) is 6.44. The Hall–Kier alpha value is -2.86. The first-order valence-electron chi connectivity index (χ1n) is 11.7. The molecule has 2 unspecified atom stereocenters. The summed E-state index contributed by atoms with van der Waals surface area (Å²) in [5, 5.41) is 10.7. The summed E-state index contributed by atoms with van der Waals surface area (Å²) in [5.74, 6) is 1.46. The van der Waals surface area contributed by atoms with Crippen LogP contribution in [-0.2, 0) is 4.79 Å². The van der Waals surface area contributed by atoms with Gasteiger partial charge in [0, 0.05) is 17.0 Å². The average molecular weight is 476 g/mol. The van der Waals surface area contributed by atoms with Crippen LogP contribution in [0.25, 0.3) is 22.6 Å². The van der Waals surface area contributed by atoms with Crippen LogP contribution in [0.1, 0.15) is 49.0 Å². The summed E-state index contributed by atoms with van der Waals surface area (Å²) in [4.78, 5) is 15.8. The Balaban J connectivity index is 0.00000289. The fourth-order valence-corrected chi connectivity index (χ4v) is 4.81. The molecule has 172 valence electrons. The van der Waals surface area contributed by atoms with Crippen molar-refractivity contribution in [1.29, 1.82) is 0 Å². The van der Waals surface area contributed by atoms with Gasteiger partial charge >= 0.3 is 29.6 Å². The van der Waals surface area contributed by atoms with Gasteiger partial charge in [-0.05, 0) is 42.9 Å². The topological polar surface area (TPSA) is 75.4 Å². The van der Waals surface area contributed by atoms with Crippen molar-refractivity contribution < 1.29 is 48.6 Å². The maximum absolute atomic E-state index is 10.7. The molecule has 0 radical (unpaired) electrons. The van der Waals surface area contributed by atoms with Gasteiger partial charge in [-0.2, -0.15) is 0 Å². The van der Waals surface area contributed by atoms with E-state index >= 15 is 0 Å². The molecule has 0 bridgehead atoms. The van der Waals surface area contributed by atoms with Crippen molar-refractivity contribution >= 4 is 5.97 Å². The predicted molar refractivity (Wildman–Crippen MR) is 128 cm³/mol. The molecule has 0 aliphatic heterocycles. The number of oxazole rings is 1. The van der Waals surface area contributed by atoms with Crippen molar-refractivity contribution in [2.24, 2.45) is 0 Å². The van der Waals surface area contributed by atoms with Gasteiger partial charge in [0.2, 0.25) is 0 Å². The molecular weight excluding hydrogens is 449 g/mol. The van der Waals surface area contributed by atoms with Gasteiger partial charge in [0.15, 0.2) is 11.7 Å². The first kappa shape index (κ1) is 25.2. The van der Waals surface area contributed by atoms with E-state index in [2.05, 4.69) is 30.3 Å². The molecule has 1 fully saturated rings. The Morgan fingerprint density at radius 3 is 2.31 bits per heavy atom. The van der Waals surface area contributed by atoms with Gasteiger partial charge in [0.25, 0.3) is 0 Å². The van der Waals surface area contributed by atoms with E-state index < -0.39 is 12.6 Å². The number of carbonyl (C=O) groups excluding carboxylic acids is 1. The standard InChI is InChI=1S/C29H27NO4.Na/c31-26(32)19-33-25-16-8-14-23(18-25)22-13-7-15-24(17-22)29-30-27(20-9-3-1-4-10-20)28(34-29)21-11-5-2-6-12-21;/h1-6,8-12,14,16,18,22,24H,7,13,15,17,19H2,(H,31,32);/q;+1/p-1. The Morgan fingerprint density at radius 2 is 1.60 bits per heavy atom. The molecule has 0 amide bonds. The molecule has 5 rings (SSSR count). The number of hydrogen-bond donors (Lipinski definition) is 0. The van der Waals surface area contributed by atoms with Crippen molar-refractivity contribution in [3.8, 4) is 28.3 Å². The molecular formula is C29H26NNaO4. The summed E-state index contributed by atoms with van der Waals surface area (Å²) in [5.41, 5.74) is 4.09. The van der Waals surface area contributed by atoms with Crippen LogP contribution in [0.2, 0.25) is 0 Å². The molecule has 6 heteroatoms. The number of ether oxygens (including phenoxy) is 1. The van der Waals surface area contributed by atoms with Gasteiger partial charge in [-0.3, -0.25) is 0 Å². The van der Waals surface area contributed by atoms with Crippen LogP contribution in [0.5, 0.6) is 5.75 Å². The molecule has 35 heavy (non-hydrogen) atoms. The Kier molecular flexibility index (Phi) is 8.45. The van der Waals surface area contributed by atoms with E-state index in [9.17, 15) is 9.90 Å². The smallest absolute Gasteiger partial charge is 0.546 e. The van der Waals surface area contributed by atoms with Crippen molar-refractivity contribution in [2.45, 2.75) is 37.5 Å². The minimum Gasteiger partial charge on any atom is -0.546 e. The average Bonchev–Trinajstić information content (AvgIpc) is 3.35. The zero-order valence-electron chi connectivity index (χ0n) is 19.9. The van der Waals surface area contributed by atoms with Gasteiger partial charge in [-0.15, -0.1) is 0 Å². The summed E-state index contributed by atoms with van der Waals surface area (Å²) < 4.78 is 11.8. The number of carboxylic acids is 1. The number of aromatic nitrogens is 1. The van der Waals surface area contributed by atoms with Crippen LogP contribution in [-0.4, -0.2) is 17.6 Å². The quantitative estimate of drug-likeness (QED) is 0.384. The molecule has 4 aromatic rings. The fraction of sp³-hybridized carbons (Fsp3) is 0.241. The normalized spacial score (nSPS) is 17.4. The molecule has 0 saturated heterocycles. The van der Waals surface area contributed by atoms with Crippen LogP contribution in [0, 0.1) is 0 Å². The number of aliphatic carboxylic acids is 1. The zero-order chi connectivity index (χ0) is 23.3. The molecule has 1 aliphatic carbocycles. The number of nitrogens with zero attached hydrogens (tertiary/aromatic N) is 1. The van der Waals surface area contributed by atoms with Gasteiger partial charge in [-0.1, -0.05) is 79.2 Å². The van der Waals surface area contributed by atoms with Gasteiger partial charge in [0.05, 0.1) is 5.97 Å². The summed E-state index contributed by atoms with van der Waals surface area (Å²) in [7, 11) is 0. The SMILES string of the molecule is O=C([O-])COc1cccc(C2CCCC(c3nc(-c4ccccc4)c(-c4ccccc4)o3)C2)c1.[Na+].